The molecule has 0 unspecified atom stereocenters. The summed E-state index contributed by atoms with van der Waals surface area (Å²) in [5.41, 5.74) is 1.08. The highest BCUT2D eigenvalue weighted by molar-refractivity contribution is 5.99. The maximum Gasteiger partial charge on any atom is 0.258 e. The topological polar surface area (TPSA) is 68.0 Å². The van der Waals surface area contributed by atoms with Gasteiger partial charge in [-0.2, -0.15) is 4.98 Å². The van der Waals surface area contributed by atoms with Gasteiger partial charge in [-0.3, -0.25) is 4.79 Å². The molecule has 5 nitrogen and oxygen atoms in total. The molecule has 1 aliphatic carbocycles. The van der Waals surface area contributed by atoms with E-state index in [1.807, 2.05) is 45.0 Å². The van der Waals surface area contributed by atoms with Crippen molar-refractivity contribution < 1.29 is 9.32 Å². The fraction of sp³-hybridized carbons (Fsp3) is 0.550. The third-order valence-corrected chi connectivity index (χ3v) is 4.77. The third-order valence-electron chi connectivity index (χ3n) is 4.77. The van der Waals surface area contributed by atoms with E-state index in [2.05, 4.69) is 15.5 Å². The molecule has 25 heavy (non-hydrogen) atoms. The summed E-state index contributed by atoms with van der Waals surface area (Å²) in [6, 6.07) is 7.41. The maximum atomic E-state index is 12.7. The third kappa shape index (κ3) is 4.27. The molecule has 0 saturated heterocycles. The summed E-state index contributed by atoms with van der Waals surface area (Å²) < 4.78 is 5.42. The molecule has 1 fully saturated rings. The zero-order chi connectivity index (χ0) is 17.9. The van der Waals surface area contributed by atoms with Crippen molar-refractivity contribution in [2.45, 2.75) is 58.3 Å². The van der Waals surface area contributed by atoms with Crippen molar-refractivity contribution in [3.8, 4) is 11.5 Å². The van der Waals surface area contributed by atoms with Crippen LogP contribution in [-0.4, -0.2) is 22.6 Å². The van der Waals surface area contributed by atoms with Crippen LogP contribution in [0.2, 0.25) is 0 Å². The normalized spacial score (nSPS) is 16.0. The molecule has 3 rings (SSSR count). The molecule has 5 heteroatoms. The highest BCUT2D eigenvalue weighted by atomic mass is 16.5. The van der Waals surface area contributed by atoms with E-state index in [1.165, 1.54) is 32.1 Å². The Morgan fingerprint density at radius 1 is 1.20 bits per heavy atom. The van der Waals surface area contributed by atoms with Crippen molar-refractivity contribution in [3.63, 3.8) is 0 Å². The number of hydrogen-bond donors (Lipinski definition) is 1. The minimum atomic E-state index is -0.195. The minimum Gasteiger partial charge on any atom is -0.352 e. The number of benzene rings is 1. The SMILES string of the molecule is CC(C)(C)c1noc(-c2ccccc2C(=O)NCC2CCCCC2)n1. The molecule has 1 aliphatic rings. The number of rotatable bonds is 4. The van der Waals surface area contributed by atoms with Gasteiger partial charge in [0.05, 0.1) is 11.1 Å². The van der Waals surface area contributed by atoms with Gasteiger partial charge in [0, 0.05) is 12.0 Å². The van der Waals surface area contributed by atoms with Gasteiger partial charge in [-0.05, 0) is 30.9 Å². The van der Waals surface area contributed by atoms with Gasteiger partial charge in [0.15, 0.2) is 5.82 Å². The van der Waals surface area contributed by atoms with Gasteiger partial charge in [0.1, 0.15) is 0 Å². The number of amides is 1. The highest BCUT2D eigenvalue weighted by Gasteiger charge is 2.24. The molecule has 0 atom stereocenters. The standard InChI is InChI=1S/C20H27N3O2/c1-20(2,3)19-22-18(25-23-19)16-12-8-7-11-15(16)17(24)21-13-14-9-5-4-6-10-14/h7-8,11-12,14H,4-6,9-10,13H2,1-3H3,(H,21,24). The fourth-order valence-corrected chi connectivity index (χ4v) is 3.23. The van der Waals surface area contributed by atoms with Crippen molar-refractivity contribution in [1.29, 1.82) is 0 Å². The second-order valence-corrected chi connectivity index (χ2v) is 7.93. The molecule has 0 spiro atoms. The Morgan fingerprint density at radius 3 is 2.60 bits per heavy atom. The first-order valence-corrected chi connectivity index (χ1v) is 9.17. The van der Waals surface area contributed by atoms with Crippen LogP contribution >= 0.6 is 0 Å². The number of nitrogens with one attached hydrogen (secondary N) is 1. The van der Waals surface area contributed by atoms with Crippen LogP contribution in [0, 0.1) is 5.92 Å². The average Bonchev–Trinajstić information content (AvgIpc) is 3.11. The Kier molecular flexibility index (Phi) is 5.21. The Bertz CT molecular complexity index is 725. The van der Waals surface area contributed by atoms with E-state index in [-0.39, 0.29) is 11.3 Å². The molecule has 1 aromatic heterocycles. The average molecular weight is 341 g/mol. The Hall–Kier alpha value is -2.17. The van der Waals surface area contributed by atoms with Crippen LogP contribution in [0.5, 0.6) is 0 Å². The van der Waals surface area contributed by atoms with E-state index >= 15 is 0 Å². The zero-order valence-electron chi connectivity index (χ0n) is 15.3. The molecule has 2 aromatic rings. The van der Waals surface area contributed by atoms with E-state index in [0.29, 0.717) is 28.8 Å². The lowest BCUT2D eigenvalue weighted by Gasteiger charge is -2.21. The largest absolute Gasteiger partial charge is 0.352 e. The maximum absolute atomic E-state index is 12.7. The van der Waals surface area contributed by atoms with E-state index in [4.69, 9.17) is 4.52 Å². The van der Waals surface area contributed by atoms with E-state index in [0.717, 1.165) is 6.54 Å². The summed E-state index contributed by atoms with van der Waals surface area (Å²) in [5.74, 6) is 1.56. The van der Waals surface area contributed by atoms with Crippen molar-refractivity contribution >= 4 is 5.91 Å². The first kappa shape index (κ1) is 17.6. The summed E-state index contributed by atoms with van der Waals surface area (Å²) in [7, 11) is 0. The van der Waals surface area contributed by atoms with Crippen LogP contribution in [0.1, 0.15) is 69.1 Å². The second kappa shape index (κ2) is 7.38. The predicted molar refractivity (Wildman–Crippen MR) is 97.3 cm³/mol. The number of carbonyl (C=O) groups is 1. The second-order valence-electron chi connectivity index (χ2n) is 7.93. The van der Waals surface area contributed by atoms with Crippen LogP contribution in [0.4, 0.5) is 0 Å². The summed E-state index contributed by atoms with van der Waals surface area (Å²) in [6.45, 7) is 6.84. The van der Waals surface area contributed by atoms with Crippen molar-refractivity contribution in [1.82, 2.24) is 15.5 Å². The van der Waals surface area contributed by atoms with Crippen LogP contribution in [0.3, 0.4) is 0 Å². The van der Waals surface area contributed by atoms with Crippen LogP contribution in [-0.2, 0) is 5.41 Å². The molecule has 134 valence electrons. The van der Waals surface area contributed by atoms with Gasteiger partial charge in [-0.25, -0.2) is 0 Å². The monoisotopic (exact) mass is 341 g/mol. The van der Waals surface area contributed by atoms with Crippen LogP contribution in [0.15, 0.2) is 28.8 Å². The number of aromatic nitrogens is 2. The predicted octanol–water partition coefficient (Wildman–Crippen LogP) is 4.34. The molecular weight excluding hydrogens is 314 g/mol. The van der Waals surface area contributed by atoms with E-state index < -0.39 is 0 Å². The van der Waals surface area contributed by atoms with E-state index in [9.17, 15) is 4.79 Å². The van der Waals surface area contributed by atoms with Gasteiger partial charge in [-0.15, -0.1) is 0 Å². The van der Waals surface area contributed by atoms with E-state index in [1.54, 1.807) is 0 Å². The van der Waals surface area contributed by atoms with Crippen LogP contribution in [0.25, 0.3) is 11.5 Å². The molecule has 0 aliphatic heterocycles. The summed E-state index contributed by atoms with van der Waals surface area (Å²) in [5, 5.41) is 7.15. The van der Waals surface area contributed by atoms with Crippen molar-refractivity contribution in [2.24, 2.45) is 5.92 Å². The molecular formula is C20H27N3O2. The molecule has 1 N–H and O–H groups in total. The Balaban J connectivity index is 1.76. The molecule has 0 bridgehead atoms. The minimum absolute atomic E-state index is 0.0725. The summed E-state index contributed by atoms with van der Waals surface area (Å²) >= 11 is 0. The first-order chi connectivity index (χ1) is 11.9. The van der Waals surface area contributed by atoms with Crippen molar-refractivity contribution in [3.05, 3.63) is 35.7 Å². The van der Waals surface area contributed by atoms with Gasteiger partial charge in [0.25, 0.3) is 11.8 Å². The number of nitrogens with zero attached hydrogens (tertiary/aromatic N) is 2. The lowest BCUT2D eigenvalue weighted by atomic mass is 9.89. The Morgan fingerprint density at radius 2 is 1.92 bits per heavy atom. The summed E-state index contributed by atoms with van der Waals surface area (Å²) in [6.07, 6.45) is 6.28. The zero-order valence-corrected chi connectivity index (χ0v) is 15.3. The van der Waals surface area contributed by atoms with Gasteiger partial charge in [-0.1, -0.05) is 57.3 Å². The van der Waals surface area contributed by atoms with Crippen LogP contribution < -0.4 is 5.32 Å². The molecule has 1 amide bonds. The fourth-order valence-electron chi connectivity index (χ4n) is 3.23. The summed E-state index contributed by atoms with van der Waals surface area (Å²) in [4.78, 5) is 17.2. The van der Waals surface area contributed by atoms with Crippen molar-refractivity contribution in [2.75, 3.05) is 6.54 Å². The molecule has 0 radical (unpaired) electrons. The smallest absolute Gasteiger partial charge is 0.258 e. The molecule has 1 heterocycles. The lowest BCUT2D eigenvalue weighted by Crippen LogP contribution is -2.30. The Labute approximate surface area is 149 Å². The molecule has 1 saturated carbocycles. The van der Waals surface area contributed by atoms with Gasteiger partial charge < -0.3 is 9.84 Å². The number of carbonyl (C=O) groups excluding carboxylic acids is 1. The van der Waals surface area contributed by atoms with Gasteiger partial charge >= 0.3 is 0 Å². The first-order valence-electron chi connectivity index (χ1n) is 9.17. The quantitative estimate of drug-likeness (QED) is 0.898. The highest BCUT2D eigenvalue weighted by Crippen LogP contribution is 2.26. The lowest BCUT2D eigenvalue weighted by molar-refractivity contribution is 0.0944. The van der Waals surface area contributed by atoms with Gasteiger partial charge in [0.2, 0.25) is 0 Å². The molecule has 1 aromatic carbocycles. The number of hydrogen-bond acceptors (Lipinski definition) is 4.